The lowest BCUT2D eigenvalue weighted by molar-refractivity contribution is 0.321. The molecule has 0 spiro atoms. The van der Waals surface area contributed by atoms with Crippen molar-refractivity contribution < 1.29 is 5.21 Å². The van der Waals surface area contributed by atoms with Gasteiger partial charge in [-0.3, -0.25) is 0 Å². The molecule has 0 aliphatic heterocycles. The lowest BCUT2D eigenvalue weighted by Crippen LogP contribution is -2.13. The third kappa shape index (κ3) is 1.89. The average molecular weight is 153 g/mol. The van der Waals surface area contributed by atoms with Crippen LogP contribution in [-0.2, 0) is 0 Å². The molecule has 0 aromatic carbocycles. The minimum absolute atomic E-state index is 0.341. The summed E-state index contributed by atoms with van der Waals surface area (Å²) in [5.41, 5.74) is 0.577. The highest BCUT2D eigenvalue weighted by molar-refractivity contribution is 5.76. The maximum absolute atomic E-state index is 10.7. The van der Waals surface area contributed by atoms with Gasteiger partial charge in [0, 0.05) is 5.69 Å². The third-order valence-electron chi connectivity index (χ3n) is 1.09. The van der Waals surface area contributed by atoms with E-state index in [0.29, 0.717) is 11.4 Å². The normalized spacial score (nSPS) is 10.6. The van der Waals surface area contributed by atoms with Crippen molar-refractivity contribution in [2.45, 2.75) is 6.92 Å². The number of aromatic nitrogens is 2. The van der Waals surface area contributed by atoms with Gasteiger partial charge in [-0.05, 0) is 13.0 Å². The Hall–Kier alpha value is -1.65. The Kier molecular flexibility index (Phi) is 2.00. The van der Waals surface area contributed by atoms with Gasteiger partial charge in [0.25, 0.3) is 0 Å². The number of aryl methyl sites for hydroxylation is 1. The van der Waals surface area contributed by atoms with Crippen LogP contribution in [0.3, 0.4) is 0 Å². The van der Waals surface area contributed by atoms with Crippen LogP contribution in [0.5, 0.6) is 0 Å². The quantitative estimate of drug-likeness (QED) is 0.335. The Morgan fingerprint density at radius 2 is 2.55 bits per heavy atom. The zero-order valence-corrected chi connectivity index (χ0v) is 5.90. The van der Waals surface area contributed by atoms with E-state index in [1.54, 1.807) is 13.0 Å². The Labute approximate surface area is 62.4 Å². The van der Waals surface area contributed by atoms with Crippen LogP contribution < -0.4 is 5.69 Å². The van der Waals surface area contributed by atoms with Crippen LogP contribution in [0.1, 0.15) is 11.4 Å². The molecule has 11 heavy (non-hydrogen) atoms. The molecule has 0 saturated heterocycles. The van der Waals surface area contributed by atoms with Gasteiger partial charge in [-0.15, -0.1) is 0 Å². The van der Waals surface area contributed by atoms with Gasteiger partial charge in [0.05, 0.1) is 11.9 Å². The van der Waals surface area contributed by atoms with Gasteiger partial charge in [0.15, 0.2) is 0 Å². The summed E-state index contributed by atoms with van der Waals surface area (Å²) in [6, 6.07) is 1.60. The first kappa shape index (κ1) is 7.46. The van der Waals surface area contributed by atoms with Gasteiger partial charge in [0.1, 0.15) is 0 Å². The average Bonchev–Trinajstić information content (AvgIpc) is 1.85. The standard InChI is InChI=1S/C6H7N3O2/c1-4-2-5(3-7-11)9-6(10)8-4/h2-3,11H,1H3,(H,8,9,10)/b7-3-. The van der Waals surface area contributed by atoms with E-state index in [4.69, 9.17) is 5.21 Å². The fourth-order valence-corrected chi connectivity index (χ4v) is 0.729. The van der Waals surface area contributed by atoms with Crippen molar-refractivity contribution in [2.75, 3.05) is 0 Å². The van der Waals surface area contributed by atoms with E-state index >= 15 is 0 Å². The van der Waals surface area contributed by atoms with E-state index in [2.05, 4.69) is 15.1 Å². The highest BCUT2D eigenvalue weighted by atomic mass is 16.4. The molecule has 0 amide bonds. The van der Waals surface area contributed by atoms with Gasteiger partial charge >= 0.3 is 5.69 Å². The number of rotatable bonds is 1. The van der Waals surface area contributed by atoms with Crippen LogP contribution in [0.15, 0.2) is 16.0 Å². The van der Waals surface area contributed by atoms with Crippen molar-refractivity contribution in [3.05, 3.63) is 27.9 Å². The molecule has 1 aromatic rings. The summed E-state index contributed by atoms with van der Waals surface area (Å²) in [4.78, 5) is 16.6. The fourth-order valence-electron chi connectivity index (χ4n) is 0.729. The molecular formula is C6H7N3O2. The Balaban J connectivity index is 3.19. The summed E-state index contributed by atoms with van der Waals surface area (Å²) in [6.45, 7) is 1.72. The van der Waals surface area contributed by atoms with E-state index in [9.17, 15) is 4.79 Å². The van der Waals surface area contributed by atoms with Crippen LogP contribution in [0, 0.1) is 6.92 Å². The minimum Gasteiger partial charge on any atom is -0.411 e. The Morgan fingerprint density at radius 1 is 1.82 bits per heavy atom. The number of aromatic amines is 1. The highest BCUT2D eigenvalue weighted by Crippen LogP contribution is 1.88. The van der Waals surface area contributed by atoms with E-state index in [1.165, 1.54) is 0 Å². The Morgan fingerprint density at radius 3 is 3.09 bits per heavy atom. The topological polar surface area (TPSA) is 78.3 Å². The van der Waals surface area contributed by atoms with Crippen molar-refractivity contribution in [3.63, 3.8) is 0 Å². The SMILES string of the molecule is Cc1cc(/C=N\O)nc(=O)[nH]1. The highest BCUT2D eigenvalue weighted by Gasteiger charge is 1.92. The zero-order valence-electron chi connectivity index (χ0n) is 5.90. The lowest BCUT2D eigenvalue weighted by atomic mass is 10.3. The van der Waals surface area contributed by atoms with E-state index in [0.717, 1.165) is 6.21 Å². The summed E-state index contributed by atoms with van der Waals surface area (Å²) in [7, 11) is 0. The molecular weight excluding hydrogens is 146 g/mol. The summed E-state index contributed by atoms with van der Waals surface area (Å²) in [5, 5.41) is 10.9. The second-order valence-electron chi connectivity index (χ2n) is 2.04. The van der Waals surface area contributed by atoms with Crippen molar-refractivity contribution >= 4 is 6.21 Å². The second kappa shape index (κ2) is 2.96. The molecule has 0 aliphatic rings. The van der Waals surface area contributed by atoms with Gasteiger partial charge in [-0.1, -0.05) is 5.16 Å². The molecule has 5 heteroatoms. The molecule has 1 aromatic heterocycles. The van der Waals surface area contributed by atoms with E-state index in [1.807, 2.05) is 0 Å². The molecule has 0 saturated carbocycles. The van der Waals surface area contributed by atoms with Gasteiger partial charge < -0.3 is 10.2 Å². The molecule has 1 rings (SSSR count). The molecule has 0 bridgehead atoms. The number of nitrogens with one attached hydrogen (secondary N) is 1. The smallest absolute Gasteiger partial charge is 0.345 e. The molecule has 0 atom stereocenters. The molecule has 0 unspecified atom stereocenters. The van der Waals surface area contributed by atoms with Crippen LogP contribution in [0.25, 0.3) is 0 Å². The first-order valence-electron chi connectivity index (χ1n) is 2.98. The second-order valence-corrected chi connectivity index (χ2v) is 2.04. The van der Waals surface area contributed by atoms with Gasteiger partial charge in [0.2, 0.25) is 0 Å². The van der Waals surface area contributed by atoms with E-state index < -0.39 is 5.69 Å². The summed E-state index contributed by atoms with van der Waals surface area (Å²) < 4.78 is 0. The number of nitrogens with zero attached hydrogens (tertiary/aromatic N) is 2. The molecule has 0 fully saturated rings. The molecule has 58 valence electrons. The predicted molar refractivity (Wildman–Crippen MR) is 39.0 cm³/mol. The minimum atomic E-state index is -0.445. The van der Waals surface area contributed by atoms with Crippen molar-refractivity contribution in [2.24, 2.45) is 5.16 Å². The van der Waals surface area contributed by atoms with Gasteiger partial charge in [-0.25, -0.2) is 4.79 Å². The van der Waals surface area contributed by atoms with Crippen LogP contribution >= 0.6 is 0 Å². The predicted octanol–water partition coefficient (Wildman–Crippen LogP) is -0.114. The van der Waals surface area contributed by atoms with Crippen molar-refractivity contribution in [1.82, 2.24) is 9.97 Å². The molecule has 0 radical (unpaired) electrons. The fraction of sp³-hybridized carbons (Fsp3) is 0.167. The molecule has 1 heterocycles. The van der Waals surface area contributed by atoms with E-state index in [-0.39, 0.29) is 0 Å². The van der Waals surface area contributed by atoms with Crippen molar-refractivity contribution in [3.8, 4) is 0 Å². The van der Waals surface area contributed by atoms with Crippen LogP contribution in [-0.4, -0.2) is 21.4 Å². The lowest BCUT2D eigenvalue weighted by Gasteiger charge is -1.91. The van der Waals surface area contributed by atoms with Gasteiger partial charge in [-0.2, -0.15) is 4.98 Å². The van der Waals surface area contributed by atoms with Crippen LogP contribution in [0.2, 0.25) is 0 Å². The Bertz CT molecular complexity index is 329. The summed E-state index contributed by atoms with van der Waals surface area (Å²) in [5.74, 6) is 0. The maximum atomic E-state index is 10.7. The number of hydrogen-bond donors (Lipinski definition) is 2. The maximum Gasteiger partial charge on any atom is 0.345 e. The largest absolute Gasteiger partial charge is 0.411 e. The van der Waals surface area contributed by atoms with Crippen molar-refractivity contribution in [1.29, 1.82) is 0 Å². The molecule has 0 aliphatic carbocycles. The monoisotopic (exact) mass is 153 g/mol. The molecule has 2 N–H and O–H groups in total. The summed E-state index contributed by atoms with van der Waals surface area (Å²) in [6.07, 6.45) is 1.10. The summed E-state index contributed by atoms with van der Waals surface area (Å²) >= 11 is 0. The number of oxime groups is 1. The first-order chi connectivity index (χ1) is 5.22. The number of H-pyrrole nitrogens is 1. The third-order valence-corrected chi connectivity index (χ3v) is 1.09. The number of hydrogen-bond acceptors (Lipinski definition) is 4. The zero-order chi connectivity index (χ0) is 8.27. The van der Waals surface area contributed by atoms with Crippen LogP contribution in [0.4, 0.5) is 0 Å². The molecule has 5 nitrogen and oxygen atoms in total. The first-order valence-corrected chi connectivity index (χ1v) is 2.98.